The minimum absolute atomic E-state index is 0.624. The van der Waals surface area contributed by atoms with E-state index in [1.165, 1.54) is 0 Å². The Hall–Kier alpha value is -1.79. The molecule has 0 saturated heterocycles. The van der Waals surface area contributed by atoms with Crippen molar-refractivity contribution in [1.82, 2.24) is 15.5 Å². The fraction of sp³-hybridized carbons (Fsp3) is 0.650. The maximum absolute atomic E-state index is 5.79. The maximum Gasteiger partial charge on any atom is 0.191 e. The van der Waals surface area contributed by atoms with Gasteiger partial charge < -0.3 is 25.0 Å². The smallest absolute Gasteiger partial charge is 0.191 e. The molecule has 26 heavy (non-hydrogen) atoms. The van der Waals surface area contributed by atoms with Crippen LogP contribution in [0.4, 0.5) is 0 Å². The van der Waals surface area contributed by atoms with Gasteiger partial charge in [-0.2, -0.15) is 0 Å². The standard InChI is InChI=1S/C20H36N4O2/c1-5-21-20(22-12-7-8-14-25-6-2)23-17-18-10-9-11-19(16-18)26-15-13-24(3)4/h9-11,16H,5-8,12-15,17H2,1-4H3,(H2,21,22,23). The molecule has 0 bridgehead atoms. The normalized spacial score (nSPS) is 11.7. The topological polar surface area (TPSA) is 58.1 Å². The van der Waals surface area contributed by atoms with E-state index in [0.717, 1.165) is 63.0 Å². The Labute approximate surface area is 159 Å². The molecule has 0 saturated carbocycles. The van der Waals surface area contributed by atoms with Gasteiger partial charge >= 0.3 is 0 Å². The van der Waals surface area contributed by atoms with Crippen LogP contribution in [-0.2, 0) is 11.3 Å². The molecule has 1 rings (SSSR count). The second kappa shape index (κ2) is 14.4. The first kappa shape index (κ1) is 22.3. The number of guanidine groups is 1. The van der Waals surface area contributed by atoms with Crippen molar-refractivity contribution in [3.63, 3.8) is 0 Å². The Morgan fingerprint density at radius 3 is 2.69 bits per heavy atom. The number of nitrogens with one attached hydrogen (secondary N) is 2. The molecule has 0 aromatic heterocycles. The monoisotopic (exact) mass is 364 g/mol. The van der Waals surface area contributed by atoms with Crippen molar-refractivity contribution in [2.75, 3.05) is 53.6 Å². The van der Waals surface area contributed by atoms with Crippen LogP contribution < -0.4 is 15.4 Å². The largest absolute Gasteiger partial charge is 0.492 e. The van der Waals surface area contributed by atoms with Crippen molar-refractivity contribution in [3.8, 4) is 5.75 Å². The Morgan fingerprint density at radius 2 is 1.96 bits per heavy atom. The van der Waals surface area contributed by atoms with Crippen LogP contribution in [0.25, 0.3) is 0 Å². The van der Waals surface area contributed by atoms with Gasteiger partial charge in [0.2, 0.25) is 0 Å². The van der Waals surface area contributed by atoms with Gasteiger partial charge in [0.15, 0.2) is 5.96 Å². The third-order valence-electron chi connectivity index (χ3n) is 3.68. The number of rotatable bonds is 13. The first-order valence-electron chi connectivity index (χ1n) is 9.62. The Bertz CT molecular complexity index is 506. The van der Waals surface area contributed by atoms with Crippen LogP contribution in [0, 0.1) is 0 Å². The summed E-state index contributed by atoms with van der Waals surface area (Å²) in [7, 11) is 4.08. The third kappa shape index (κ3) is 10.9. The molecule has 1 aromatic rings. The van der Waals surface area contributed by atoms with Crippen molar-refractivity contribution in [1.29, 1.82) is 0 Å². The molecular formula is C20H36N4O2. The predicted molar refractivity (Wildman–Crippen MR) is 109 cm³/mol. The summed E-state index contributed by atoms with van der Waals surface area (Å²) in [6.07, 6.45) is 2.13. The van der Waals surface area contributed by atoms with Gasteiger partial charge in [-0.15, -0.1) is 0 Å². The van der Waals surface area contributed by atoms with Gasteiger partial charge in [-0.25, -0.2) is 4.99 Å². The van der Waals surface area contributed by atoms with Crippen LogP contribution in [0.1, 0.15) is 32.3 Å². The van der Waals surface area contributed by atoms with E-state index in [0.29, 0.717) is 13.2 Å². The van der Waals surface area contributed by atoms with Crippen LogP contribution in [0.3, 0.4) is 0 Å². The SMILES string of the molecule is CCNC(=NCc1cccc(OCCN(C)C)c1)NCCCCOCC. The molecule has 0 fully saturated rings. The summed E-state index contributed by atoms with van der Waals surface area (Å²) in [5.74, 6) is 1.75. The van der Waals surface area contributed by atoms with E-state index in [4.69, 9.17) is 9.47 Å². The fourth-order valence-electron chi connectivity index (χ4n) is 2.27. The summed E-state index contributed by atoms with van der Waals surface area (Å²) in [5.41, 5.74) is 1.14. The summed E-state index contributed by atoms with van der Waals surface area (Å²) >= 11 is 0. The number of unbranched alkanes of at least 4 members (excludes halogenated alkanes) is 1. The first-order valence-corrected chi connectivity index (χ1v) is 9.62. The van der Waals surface area contributed by atoms with Gasteiger partial charge in [0.25, 0.3) is 0 Å². The molecule has 1 aromatic carbocycles. The number of nitrogens with zero attached hydrogens (tertiary/aromatic N) is 2. The van der Waals surface area contributed by atoms with Crippen molar-refractivity contribution < 1.29 is 9.47 Å². The number of likely N-dealkylation sites (N-methyl/N-ethyl adjacent to an activating group) is 1. The average molecular weight is 365 g/mol. The summed E-state index contributed by atoms with van der Waals surface area (Å²) < 4.78 is 11.1. The van der Waals surface area contributed by atoms with Crippen molar-refractivity contribution in [2.45, 2.75) is 33.2 Å². The van der Waals surface area contributed by atoms with Crippen LogP contribution in [-0.4, -0.2) is 64.4 Å². The van der Waals surface area contributed by atoms with Gasteiger partial charge in [0.1, 0.15) is 12.4 Å². The van der Waals surface area contributed by atoms with Crippen LogP contribution in [0.15, 0.2) is 29.3 Å². The van der Waals surface area contributed by atoms with Gasteiger partial charge in [-0.05, 0) is 58.5 Å². The number of hydrogen-bond donors (Lipinski definition) is 2. The summed E-state index contributed by atoms with van der Waals surface area (Å²) in [4.78, 5) is 6.77. The van der Waals surface area contributed by atoms with Crippen molar-refractivity contribution in [3.05, 3.63) is 29.8 Å². The summed E-state index contributed by atoms with van der Waals surface area (Å²) in [6.45, 7) is 9.67. The minimum atomic E-state index is 0.624. The molecule has 6 nitrogen and oxygen atoms in total. The van der Waals surface area contributed by atoms with Crippen molar-refractivity contribution in [2.24, 2.45) is 4.99 Å². The van der Waals surface area contributed by atoms with Crippen LogP contribution in [0.2, 0.25) is 0 Å². The second-order valence-corrected chi connectivity index (χ2v) is 6.33. The zero-order valence-electron chi connectivity index (χ0n) is 16.9. The third-order valence-corrected chi connectivity index (χ3v) is 3.68. The zero-order chi connectivity index (χ0) is 19.0. The highest BCUT2D eigenvalue weighted by Gasteiger charge is 2.00. The molecule has 0 spiro atoms. The van der Waals surface area contributed by atoms with Gasteiger partial charge in [0, 0.05) is 32.8 Å². The quantitative estimate of drug-likeness (QED) is 0.320. The van der Waals surface area contributed by atoms with E-state index in [2.05, 4.69) is 39.6 Å². The zero-order valence-corrected chi connectivity index (χ0v) is 16.9. The van der Waals surface area contributed by atoms with Gasteiger partial charge in [-0.3, -0.25) is 0 Å². The number of aliphatic imine (C=N–C) groups is 1. The molecule has 0 aliphatic heterocycles. The molecule has 2 N–H and O–H groups in total. The molecule has 0 aliphatic carbocycles. The lowest BCUT2D eigenvalue weighted by Gasteiger charge is -2.12. The van der Waals surface area contributed by atoms with E-state index in [-0.39, 0.29) is 0 Å². The van der Waals surface area contributed by atoms with E-state index in [9.17, 15) is 0 Å². The predicted octanol–water partition coefficient (Wildman–Crippen LogP) is 2.50. The Balaban J connectivity index is 2.44. The first-order chi connectivity index (χ1) is 12.7. The highest BCUT2D eigenvalue weighted by atomic mass is 16.5. The second-order valence-electron chi connectivity index (χ2n) is 6.33. The number of ether oxygens (including phenoxy) is 2. The van der Waals surface area contributed by atoms with Gasteiger partial charge in [0.05, 0.1) is 6.54 Å². The van der Waals surface area contributed by atoms with Gasteiger partial charge in [-0.1, -0.05) is 12.1 Å². The Morgan fingerprint density at radius 1 is 1.12 bits per heavy atom. The lowest BCUT2D eigenvalue weighted by Crippen LogP contribution is -2.37. The molecule has 0 atom stereocenters. The molecule has 0 unspecified atom stereocenters. The summed E-state index contributed by atoms with van der Waals surface area (Å²) in [6, 6.07) is 8.15. The Kier molecular flexibility index (Phi) is 12.3. The molecule has 6 heteroatoms. The van der Waals surface area contributed by atoms with Crippen LogP contribution >= 0.6 is 0 Å². The molecule has 0 heterocycles. The lowest BCUT2D eigenvalue weighted by molar-refractivity contribution is 0.143. The average Bonchev–Trinajstić information content (AvgIpc) is 2.62. The van der Waals surface area contributed by atoms with Crippen molar-refractivity contribution >= 4 is 5.96 Å². The van der Waals surface area contributed by atoms with Crippen LogP contribution in [0.5, 0.6) is 5.75 Å². The van der Waals surface area contributed by atoms with E-state index >= 15 is 0 Å². The van der Waals surface area contributed by atoms with E-state index in [1.807, 2.05) is 33.2 Å². The van der Waals surface area contributed by atoms with E-state index < -0.39 is 0 Å². The highest BCUT2D eigenvalue weighted by molar-refractivity contribution is 5.79. The lowest BCUT2D eigenvalue weighted by atomic mass is 10.2. The molecule has 0 radical (unpaired) electrons. The van der Waals surface area contributed by atoms with E-state index in [1.54, 1.807) is 0 Å². The minimum Gasteiger partial charge on any atom is -0.492 e. The molecular weight excluding hydrogens is 328 g/mol. The maximum atomic E-state index is 5.79. The molecule has 0 amide bonds. The molecule has 148 valence electrons. The number of benzene rings is 1. The number of hydrogen-bond acceptors (Lipinski definition) is 4. The summed E-state index contributed by atoms with van der Waals surface area (Å²) in [5, 5.41) is 6.66. The fourth-order valence-corrected chi connectivity index (χ4v) is 2.27. The highest BCUT2D eigenvalue weighted by Crippen LogP contribution is 2.14. The molecule has 0 aliphatic rings.